The van der Waals surface area contributed by atoms with Gasteiger partial charge in [-0.1, -0.05) is 0 Å². The molecule has 2 heterocycles. The summed E-state index contributed by atoms with van der Waals surface area (Å²) in [5.74, 6) is 0.634. The summed E-state index contributed by atoms with van der Waals surface area (Å²) in [4.78, 5) is 18.3. The number of nitrogens with one attached hydrogen (secondary N) is 2. The van der Waals surface area contributed by atoms with Crippen molar-refractivity contribution in [2.24, 2.45) is 0 Å². The van der Waals surface area contributed by atoms with E-state index in [1.807, 2.05) is 37.3 Å². The van der Waals surface area contributed by atoms with Gasteiger partial charge in [0, 0.05) is 41.4 Å². The molecule has 1 saturated heterocycles. The monoisotopic (exact) mass is 349 g/mol. The highest BCUT2D eigenvalue weighted by Gasteiger charge is 2.16. The number of ether oxygens (including phenoxy) is 1. The van der Waals surface area contributed by atoms with Gasteiger partial charge < -0.3 is 19.9 Å². The van der Waals surface area contributed by atoms with E-state index in [4.69, 9.17) is 4.74 Å². The summed E-state index contributed by atoms with van der Waals surface area (Å²) in [6, 6.07) is 13.9. The highest BCUT2D eigenvalue weighted by atomic mass is 16.5. The number of aromatic amines is 1. The minimum atomic E-state index is -0.133. The van der Waals surface area contributed by atoms with Crippen LogP contribution < -0.4 is 15.0 Å². The number of methoxy groups -OCH3 is 1. The Kier molecular flexibility index (Phi) is 4.29. The molecule has 1 amide bonds. The zero-order valence-corrected chi connectivity index (χ0v) is 15.1. The largest absolute Gasteiger partial charge is 0.497 e. The van der Waals surface area contributed by atoms with Crippen LogP contribution in [0.4, 0.5) is 11.4 Å². The van der Waals surface area contributed by atoms with Gasteiger partial charge in [0.1, 0.15) is 11.4 Å². The summed E-state index contributed by atoms with van der Waals surface area (Å²) in [6.07, 6.45) is 2.51. The lowest BCUT2D eigenvalue weighted by Crippen LogP contribution is -2.17. The van der Waals surface area contributed by atoms with E-state index in [-0.39, 0.29) is 5.91 Å². The number of hydrogen-bond donors (Lipinski definition) is 2. The van der Waals surface area contributed by atoms with Crippen LogP contribution in [-0.4, -0.2) is 31.1 Å². The van der Waals surface area contributed by atoms with Gasteiger partial charge >= 0.3 is 0 Å². The van der Waals surface area contributed by atoms with Crippen LogP contribution in [0.3, 0.4) is 0 Å². The maximum atomic E-state index is 12.7. The lowest BCUT2D eigenvalue weighted by molar-refractivity contribution is 0.102. The molecule has 1 aliphatic rings. The second-order valence-electron chi connectivity index (χ2n) is 6.73. The number of H-pyrrole nitrogens is 1. The molecule has 2 N–H and O–H groups in total. The van der Waals surface area contributed by atoms with E-state index >= 15 is 0 Å². The van der Waals surface area contributed by atoms with Crippen molar-refractivity contribution in [1.29, 1.82) is 0 Å². The topological polar surface area (TPSA) is 57.4 Å². The average molecular weight is 349 g/mol. The molecule has 0 aliphatic carbocycles. The fourth-order valence-corrected chi connectivity index (χ4v) is 3.60. The first-order chi connectivity index (χ1) is 12.7. The van der Waals surface area contributed by atoms with E-state index in [0.29, 0.717) is 5.69 Å². The van der Waals surface area contributed by atoms with Crippen molar-refractivity contribution in [3.63, 3.8) is 0 Å². The van der Waals surface area contributed by atoms with Gasteiger partial charge in [-0.25, -0.2) is 0 Å². The number of fused-ring (bicyclic) bond motifs is 1. The predicted octanol–water partition coefficient (Wildman–Crippen LogP) is 4.34. The van der Waals surface area contributed by atoms with Gasteiger partial charge in [0.05, 0.1) is 7.11 Å². The Balaban J connectivity index is 1.54. The Bertz CT molecular complexity index is 938. The average Bonchev–Trinajstić information content (AvgIpc) is 3.30. The van der Waals surface area contributed by atoms with Crippen molar-refractivity contribution in [2.45, 2.75) is 19.8 Å². The van der Waals surface area contributed by atoms with Crippen LogP contribution in [0.5, 0.6) is 5.75 Å². The standard InChI is InChI=1S/C21H23N3O2/c1-14-18-10-9-17(26-2)13-19(18)23-20(14)21(25)22-15-5-7-16(8-6-15)24-11-3-4-12-24/h5-10,13,23H,3-4,11-12H2,1-2H3,(H,22,25). The number of amides is 1. The number of hydrogen-bond acceptors (Lipinski definition) is 3. The number of benzene rings is 2. The molecule has 0 unspecified atom stereocenters. The number of carbonyl (C=O) groups is 1. The Morgan fingerprint density at radius 3 is 2.54 bits per heavy atom. The van der Waals surface area contributed by atoms with Gasteiger partial charge in [-0.15, -0.1) is 0 Å². The number of aromatic nitrogens is 1. The zero-order chi connectivity index (χ0) is 18.1. The molecule has 2 aromatic carbocycles. The summed E-state index contributed by atoms with van der Waals surface area (Å²) in [6.45, 7) is 4.18. The Labute approximate surface area is 153 Å². The molecule has 0 saturated carbocycles. The highest BCUT2D eigenvalue weighted by molar-refractivity contribution is 6.08. The molecule has 1 aromatic heterocycles. The maximum Gasteiger partial charge on any atom is 0.272 e. The molecule has 5 nitrogen and oxygen atoms in total. The van der Waals surface area contributed by atoms with Gasteiger partial charge in [0.2, 0.25) is 0 Å². The van der Waals surface area contributed by atoms with Crippen LogP contribution in [0.2, 0.25) is 0 Å². The van der Waals surface area contributed by atoms with E-state index in [1.54, 1.807) is 7.11 Å². The first-order valence-electron chi connectivity index (χ1n) is 8.98. The van der Waals surface area contributed by atoms with Crippen molar-refractivity contribution < 1.29 is 9.53 Å². The van der Waals surface area contributed by atoms with Crippen molar-refractivity contribution in [3.05, 3.63) is 53.7 Å². The molecule has 5 heteroatoms. The van der Waals surface area contributed by atoms with Crippen LogP contribution >= 0.6 is 0 Å². The predicted molar refractivity (Wildman–Crippen MR) is 105 cm³/mol. The van der Waals surface area contributed by atoms with E-state index in [9.17, 15) is 4.79 Å². The third-order valence-electron chi connectivity index (χ3n) is 5.09. The fraction of sp³-hybridized carbons (Fsp3) is 0.286. The molecule has 134 valence electrons. The maximum absolute atomic E-state index is 12.7. The minimum Gasteiger partial charge on any atom is -0.497 e. The third-order valence-corrected chi connectivity index (χ3v) is 5.09. The van der Waals surface area contributed by atoms with Crippen LogP contribution in [0.25, 0.3) is 10.9 Å². The van der Waals surface area contributed by atoms with Gasteiger partial charge in [0.25, 0.3) is 5.91 Å². The molecule has 0 bridgehead atoms. The summed E-state index contributed by atoms with van der Waals surface area (Å²) in [7, 11) is 1.64. The Hall–Kier alpha value is -2.95. The van der Waals surface area contributed by atoms with Gasteiger partial charge in [-0.05, 0) is 61.7 Å². The second kappa shape index (κ2) is 6.75. The van der Waals surface area contributed by atoms with E-state index in [0.717, 1.165) is 41.0 Å². The van der Waals surface area contributed by atoms with Crippen molar-refractivity contribution in [2.75, 3.05) is 30.4 Å². The highest BCUT2D eigenvalue weighted by Crippen LogP contribution is 2.27. The summed E-state index contributed by atoms with van der Waals surface area (Å²) in [5.41, 5.74) is 4.44. The fourth-order valence-electron chi connectivity index (χ4n) is 3.60. The molecule has 26 heavy (non-hydrogen) atoms. The third kappa shape index (κ3) is 3.01. The molecule has 0 atom stereocenters. The molecule has 1 aliphatic heterocycles. The van der Waals surface area contributed by atoms with Gasteiger partial charge in [-0.3, -0.25) is 4.79 Å². The summed E-state index contributed by atoms with van der Waals surface area (Å²) in [5, 5.41) is 4.01. The number of carbonyl (C=O) groups excluding carboxylic acids is 1. The molecular formula is C21H23N3O2. The Morgan fingerprint density at radius 2 is 1.85 bits per heavy atom. The first kappa shape index (κ1) is 16.5. The van der Waals surface area contributed by atoms with Crippen LogP contribution in [0, 0.1) is 6.92 Å². The minimum absolute atomic E-state index is 0.133. The van der Waals surface area contributed by atoms with Gasteiger partial charge in [-0.2, -0.15) is 0 Å². The van der Waals surface area contributed by atoms with E-state index < -0.39 is 0 Å². The van der Waals surface area contributed by atoms with Crippen molar-refractivity contribution in [1.82, 2.24) is 4.98 Å². The molecule has 1 fully saturated rings. The second-order valence-corrected chi connectivity index (χ2v) is 6.73. The summed E-state index contributed by atoms with van der Waals surface area (Å²) < 4.78 is 5.26. The van der Waals surface area contributed by atoms with Gasteiger partial charge in [0.15, 0.2) is 0 Å². The number of nitrogens with zero attached hydrogens (tertiary/aromatic N) is 1. The first-order valence-corrected chi connectivity index (χ1v) is 8.98. The van der Waals surface area contributed by atoms with Crippen molar-refractivity contribution >= 4 is 28.2 Å². The smallest absolute Gasteiger partial charge is 0.272 e. The SMILES string of the molecule is COc1ccc2c(C)c(C(=O)Nc3ccc(N4CCCC4)cc3)[nH]c2c1. The number of aryl methyl sites for hydroxylation is 1. The molecule has 4 rings (SSSR count). The molecule has 0 radical (unpaired) electrons. The van der Waals surface area contributed by atoms with E-state index in [1.165, 1.54) is 18.5 Å². The molecular weight excluding hydrogens is 326 g/mol. The molecule has 0 spiro atoms. The number of anilines is 2. The zero-order valence-electron chi connectivity index (χ0n) is 15.1. The lowest BCUT2D eigenvalue weighted by Gasteiger charge is -2.17. The number of rotatable bonds is 4. The van der Waals surface area contributed by atoms with Crippen LogP contribution in [0.1, 0.15) is 28.9 Å². The Morgan fingerprint density at radius 1 is 1.12 bits per heavy atom. The quantitative estimate of drug-likeness (QED) is 0.737. The van der Waals surface area contributed by atoms with Crippen LogP contribution in [-0.2, 0) is 0 Å². The molecule has 3 aromatic rings. The summed E-state index contributed by atoms with van der Waals surface area (Å²) >= 11 is 0. The lowest BCUT2D eigenvalue weighted by atomic mass is 10.1. The van der Waals surface area contributed by atoms with Crippen LogP contribution in [0.15, 0.2) is 42.5 Å². The van der Waals surface area contributed by atoms with Crippen molar-refractivity contribution in [3.8, 4) is 5.75 Å². The van der Waals surface area contributed by atoms with E-state index in [2.05, 4.69) is 27.3 Å². The normalized spacial score (nSPS) is 14.0.